The zero-order valence-corrected chi connectivity index (χ0v) is 15.0. The molecule has 1 aliphatic heterocycles. The van der Waals surface area contributed by atoms with Crippen LogP contribution in [0.15, 0.2) is 53.3 Å². The summed E-state index contributed by atoms with van der Waals surface area (Å²) in [4.78, 5) is 4.08. The molecule has 1 atom stereocenters. The minimum Gasteiger partial charge on any atom is -0.481 e. The van der Waals surface area contributed by atoms with Crippen molar-refractivity contribution in [2.24, 2.45) is 16.7 Å². The summed E-state index contributed by atoms with van der Waals surface area (Å²) in [6, 6.07) is 6.41. The lowest BCUT2D eigenvalue weighted by atomic mass is 10.0. The van der Waals surface area contributed by atoms with Crippen LogP contribution in [-0.4, -0.2) is 23.8 Å². The number of halogens is 3. The van der Waals surface area contributed by atoms with E-state index in [0.29, 0.717) is 16.7 Å². The number of pyridine rings is 1. The van der Waals surface area contributed by atoms with Gasteiger partial charge in [-0.25, -0.2) is 4.98 Å². The monoisotopic (exact) mass is 393 g/mol. The van der Waals surface area contributed by atoms with Crippen LogP contribution in [0, 0.1) is 0 Å². The number of nitrogens with zero attached hydrogens (tertiary/aromatic N) is 2. The first-order valence-corrected chi connectivity index (χ1v) is 8.11. The molecule has 1 aliphatic rings. The van der Waals surface area contributed by atoms with Gasteiger partial charge in [-0.3, -0.25) is 5.73 Å². The molecule has 28 heavy (non-hydrogen) atoms. The molecular formula is C18H18F3N5O2. The molecule has 7 nitrogen and oxygen atoms in total. The fraction of sp³-hybridized carbons (Fsp3) is 0.222. The van der Waals surface area contributed by atoms with Gasteiger partial charge in [-0.15, -0.1) is 0 Å². The second kappa shape index (κ2) is 7.04. The standard InChI is InChI=1S/C18H18F3N5O2/c1-10-8-15(26-23)25-18(10,22)28-14-9-11(17(19,20)21)5-6-12(14)13-4-3-7-24-16(13)27-2/h3-9H,22-23H2,1-2H3,(H,25,26)/t18-/m1/s1. The predicted octanol–water partition coefficient (Wildman–Crippen LogP) is 2.59. The number of amidine groups is 1. The Labute approximate surface area is 158 Å². The fourth-order valence-corrected chi connectivity index (χ4v) is 2.75. The summed E-state index contributed by atoms with van der Waals surface area (Å²) in [5.74, 6) is 3.99. The third-order valence-corrected chi connectivity index (χ3v) is 4.23. The van der Waals surface area contributed by atoms with Gasteiger partial charge in [-0.1, -0.05) is 0 Å². The maximum Gasteiger partial charge on any atom is 0.416 e. The number of hydrogen-bond donors (Lipinski definition) is 3. The molecule has 0 spiro atoms. The van der Waals surface area contributed by atoms with E-state index >= 15 is 0 Å². The molecule has 10 heteroatoms. The van der Waals surface area contributed by atoms with Crippen LogP contribution in [-0.2, 0) is 6.18 Å². The quantitative estimate of drug-likeness (QED) is 0.419. The molecule has 1 aromatic heterocycles. The van der Waals surface area contributed by atoms with Crippen molar-refractivity contribution in [2.75, 3.05) is 7.11 Å². The van der Waals surface area contributed by atoms with Gasteiger partial charge >= 0.3 is 6.18 Å². The highest BCUT2D eigenvalue weighted by atomic mass is 19.4. The molecule has 3 rings (SSSR count). The Bertz CT molecular complexity index is 958. The summed E-state index contributed by atoms with van der Waals surface area (Å²) in [6.07, 6.45) is -1.51. The van der Waals surface area contributed by atoms with Crippen molar-refractivity contribution in [3.8, 4) is 22.8 Å². The van der Waals surface area contributed by atoms with Gasteiger partial charge < -0.3 is 20.6 Å². The van der Waals surface area contributed by atoms with Crippen LogP contribution in [0.1, 0.15) is 12.5 Å². The number of alkyl halides is 3. The summed E-state index contributed by atoms with van der Waals surface area (Å²) in [7, 11) is 1.41. The Morgan fingerprint density at radius 1 is 1.21 bits per heavy atom. The van der Waals surface area contributed by atoms with Crippen LogP contribution in [0.4, 0.5) is 13.2 Å². The Kier molecular flexibility index (Phi) is 4.90. The first-order chi connectivity index (χ1) is 13.2. The normalized spacial score (nSPS) is 20.6. The molecule has 0 aliphatic carbocycles. The summed E-state index contributed by atoms with van der Waals surface area (Å²) in [6.45, 7) is 1.64. The first-order valence-electron chi connectivity index (χ1n) is 8.11. The molecule has 0 fully saturated rings. The predicted molar refractivity (Wildman–Crippen MR) is 97.3 cm³/mol. The van der Waals surface area contributed by atoms with Crippen LogP contribution in [0.3, 0.4) is 0 Å². The Balaban J connectivity index is 2.13. The van der Waals surface area contributed by atoms with Gasteiger partial charge in [0.15, 0.2) is 0 Å². The van der Waals surface area contributed by atoms with Crippen molar-refractivity contribution in [1.82, 2.24) is 10.3 Å². The highest BCUT2D eigenvalue weighted by molar-refractivity contribution is 5.97. The van der Waals surface area contributed by atoms with E-state index in [0.717, 1.165) is 12.1 Å². The van der Waals surface area contributed by atoms with Crippen LogP contribution in [0.5, 0.6) is 11.6 Å². The summed E-state index contributed by atoms with van der Waals surface area (Å²) in [5.41, 5.74) is 6.59. The van der Waals surface area contributed by atoms with E-state index in [1.54, 1.807) is 19.1 Å². The zero-order valence-electron chi connectivity index (χ0n) is 15.0. The number of nitrogens with one attached hydrogen (secondary N) is 1. The molecule has 2 heterocycles. The van der Waals surface area contributed by atoms with Gasteiger partial charge in [-0.05, 0) is 43.3 Å². The van der Waals surface area contributed by atoms with Crippen LogP contribution < -0.4 is 26.4 Å². The summed E-state index contributed by atoms with van der Waals surface area (Å²) in [5, 5.41) is 6.24. The second-order valence-corrected chi connectivity index (χ2v) is 6.07. The van der Waals surface area contributed by atoms with Crippen molar-refractivity contribution in [3.05, 3.63) is 53.7 Å². The van der Waals surface area contributed by atoms with E-state index in [4.69, 9.17) is 21.1 Å². The van der Waals surface area contributed by atoms with Gasteiger partial charge in [0.2, 0.25) is 5.88 Å². The minimum atomic E-state index is -4.56. The van der Waals surface area contributed by atoms with Gasteiger partial charge in [-0.2, -0.15) is 18.3 Å². The molecule has 0 saturated heterocycles. The average Bonchev–Trinajstić information content (AvgIpc) is 2.95. The van der Waals surface area contributed by atoms with E-state index < -0.39 is 17.6 Å². The van der Waals surface area contributed by atoms with Gasteiger partial charge in [0.1, 0.15) is 11.6 Å². The molecule has 0 bridgehead atoms. The molecular weight excluding hydrogens is 375 g/mol. The van der Waals surface area contributed by atoms with E-state index in [1.165, 1.54) is 25.4 Å². The maximum absolute atomic E-state index is 13.3. The van der Waals surface area contributed by atoms with E-state index in [1.807, 2.05) is 0 Å². The number of ether oxygens (including phenoxy) is 2. The largest absolute Gasteiger partial charge is 0.481 e. The number of aromatic nitrogens is 1. The number of methoxy groups -OCH3 is 1. The maximum atomic E-state index is 13.3. The number of hydrogen-bond acceptors (Lipinski definition) is 6. The molecule has 5 N–H and O–H groups in total. The molecule has 0 radical (unpaired) electrons. The van der Waals surface area contributed by atoms with Crippen LogP contribution in [0.25, 0.3) is 11.1 Å². The van der Waals surface area contributed by atoms with Gasteiger partial charge in [0.05, 0.1) is 12.7 Å². The van der Waals surface area contributed by atoms with Crippen molar-refractivity contribution in [2.45, 2.75) is 18.9 Å². The summed E-state index contributed by atoms with van der Waals surface area (Å²) >= 11 is 0. The number of benzene rings is 1. The van der Waals surface area contributed by atoms with E-state index in [-0.39, 0.29) is 17.5 Å². The van der Waals surface area contributed by atoms with Crippen LogP contribution in [0.2, 0.25) is 0 Å². The molecule has 0 amide bonds. The molecule has 0 unspecified atom stereocenters. The van der Waals surface area contributed by atoms with E-state index in [9.17, 15) is 13.2 Å². The number of rotatable bonds is 4. The smallest absolute Gasteiger partial charge is 0.416 e. The lowest BCUT2D eigenvalue weighted by Gasteiger charge is -2.29. The molecule has 0 saturated carbocycles. The molecule has 148 valence electrons. The Hall–Kier alpha value is -3.27. The third-order valence-electron chi connectivity index (χ3n) is 4.23. The number of hydrazone groups is 1. The topological polar surface area (TPSA) is 108 Å². The van der Waals surface area contributed by atoms with Crippen molar-refractivity contribution >= 4 is 5.84 Å². The van der Waals surface area contributed by atoms with Crippen molar-refractivity contribution in [1.29, 1.82) is 0 Å². The first kappa shape index (κ1) is 19.5. The molecule has 2 aromatic rings. The lowest BCUT2D eigenvalue weighted by molar-refractivity contribution is -0.137. The van der Waals surface area contributed by atoms with Gasteiger partial charge in [0.25, 0.3) is 5.85 Å². The highest BCUT2D eigenvalue weighted by Gasteiger charge is 2.38. The number of nitrogens with two attached hydrogens (primary N) is 2. The summed E-state index contributed by atoms with van der Waals surface area (Å²) < 4.78 is 50.8. The lowest BCUT2D eigenvalue weighted by Crippen LogP contribution is -2.57. The third kappa shape index (κ3) is 3.58. The highest BCUT2D eigenvalue weighted by Crippen LogP contribution is 2.41. The Morgan fingerprint density at radius 2 is 1.96 bits per heavy atom. The minimum absolute atomic E-state index is 0.109. The van der Waals surface area contributed by atoms with Crippen molar-refractivity contribution in [3.63, 3.8) is 0 Å². The van der Waals surface area contributed by atoms with Crippen molar-refractivity contribution < 1.29 is 22.6 Å². The van der Waals surface area contributed by atoms with Gasteiger partial charge in [0, 0.05) is 22.9 Å². The Morgan fingerprint density at radius 3 is 2.57 bits per heavy atom. The van der Waals surface area contributed by atoms with E-state index in [2.05, 4.69) is 15.4 Å². The van der Waals surface area contributed by atoms with Crippen LogP contribution >= 0.6 is 0 Å². The SMILES string of the molecule is COc1ncccc1-c1ccc(C(F)(F)F)cc1O[C@]1(N)N/C(=N\N)C=C1C. The zero-order chi connectivity index (χ0) is 20.5. The average molecular weight is 393 g/mol. The second-order valence-electron chi connectivity index (χ2n) is 6.07. The fourth-order valence-electron chi connectivity index (χ4n) is 2.75. The molecule has 1 aromatic carbocycles.